The number of nitrogens with one attached hydrogen (secondary N) is 1. The van der Waals surface area contributed by atoms with Crippen molar-refractivity contribution in [2.45, 2.75) is 32.5 Å². The van der Waals surface area contributed by atoms with Crippen molar-refractivity contribution < 1.29 is 4.39 Å². The van der Waals surface area contributed by atoms with Gasteiger partial charge in [-0.3, -0.25) is 0 Å². The fraction of sp³-hybridized carbons (Fsp3) is 0.357. The van der Waals surface area contributed by atoms with Crippen molar-refractivity contribution in [1.82, 2.24) is 14.9 Å². The van der Waals surface area contributed by atoms with Crippen LogP contribution in [0.1, 0.15) is 25.5 Å². The predicted octanol–water partition coefficient (Wildman–Crippen LogP) is 3.41. The topological polar surface area (TPSA) is 29.9 Å². The Morgan fingerprint density at radius 2 is 2.21 bits per heavy atom. The van der Waals surface area contributed by atoms with E-state index in [4.69, 9.17) is 11.6 Å². The molecule has 1 aromatic heterocycles. The number of halogens is 2. The first kappa shape index (κ1) is 14.0. The maximum absolute atomic E-state index is 13.1. The molecule has 5 heteroatoms. The lowest BCUT2D eigenvalue weighted by Crippen LogP contribution is -2.32. The molecule has 1 aromatic carbocycles. The van der Waals surface area contributed by atoms with Crippen molar-refractivity contribution in [3.05, 3.63) is 53.3 Å². The summed E-state index contributed by atoms with van der Waals surface area (Å²) in [6.07, 6.45) is 5.48. The van der Waals surface area contributed by atoms with Crippen LogP contribution >= 0.6 is 11.6 Å². The Bertz CT molecular complexity index is 527. The maximum Gasteiger partial charge on any atom is 0.141 e. The van der Waals surface area contributed by atoms with Crippen LogP contribution in [0, 0.1) is 5.82 Å². The molecule has 19 heavy (non-hydrogen) atoms. The van der Waals surface area contributed by atoms with E-state index in [1.54, 1.807) is 24.7 Å². The molecule has 0 amide bonds. The Hall–Kier alpha value is -1.39. The molecule has 0 aliphatic heterocycles. The van der Waals surface area contributed by atoms with Gasteiger partial charge in [0.05, 0.1) is 11.3 Å². The van der Waals surface area contributed by atoms with Gasteiger partial charge in [-0.05, 0) is 31.5 Å². The third-order valence-corrected chi connectivity index (χ3v) is 3.31. The number of benzene rings is 1. The predicted molar refractivity (Wildman–Crippen MR) is 74.6 cm³/mol. The van der Waals surface area contributed by atoms with Crippen LogP contribution in [0.2, 0.25) is 5.02 Å². The highest BCUT2D eigenvalue weighted by Crippen LogP contribution is 2.21. The SMILES string of the molecule is CC(Cn1ccnc1)NC(C)c1ccc(F)c(Cl)c1. The fourth-order valence-corrected chi connectivity index (χ4v) is 2.26. The van der Waals surface area contributed by atoms with Crippen molar-refractivity contribution in [2.75, 3.05) is 0 Å². The molecular formula is C14H17ClFN3. The van der Waals surface area contributed by atoms with E-state index in [-0.39, 0.29) is 22.9 Å². The van der Waals surface area contributed by atoms with Crippen LogP contribution in [-0.4, -0.2) is 15.6 Å². The Kier molecular flexibility index (Phi) is 4.56. The second-order valence-corrected chi connectivity index (χ2v) is 5.13. The Labute approximate surface area is 117 Å². The minimum atomic E-state index is -0.385. The third-order valence-electron chi connectivity index (χ3n) is 3.02. The van der Waals surface area contributed by atoms with Crippen LogP contribution in [0.3, 0.4) is 0 Å². The molecule has 0 radical (unpaired) electrons. The summed E-state index contributed by atoms with van der Waals surface area (Å²) in [6, 6.07) is 5.20. The molecule has 2 atom stereocenters. The quantitative estimate of drug-likeness (QED) is 0.910. The van der Waals surface area contributed by atoms with E-state index < -0.39 is 0 Å². The molecule has 1 heterocycles. The lowest BCUT2D eigenvalue weighted by molar-refractivity contribution is 0.430. The summed E-state index contributed by atoms with van der Waals surface area (Å²) in [7, 11) is 0. The molecule has 0 saturated heterocycles. The molecule has 0 saturated carbocycles. The largest absolute Gasteiger partial charge is 0.336 e. The highest BCUT2D eigenvalue weighted by molar-refractivity contribution is 6.30. The van der Waals surface area contributed by atoms with E-state index in [2.05, 4.69) is 17.2 Å². The van der Waals surface area contributed by atoms with E-state index in [0.717, 1.165) is 12.1 Å². The van der Waals surface area contributed by atoms with Crippen molar-refractivity contribution in [1.29, 1.82) is 0 Å². The zero-order valence-corrected chi connectivity index (χ0v) is 11.7. The summed E-state index contributed by atoms with van der Waals surface area (Å²) < 4.78 is 15.1. The third kappa shape index (κ3) is 3.78. The van der Waals surface area contributed by atoms with Gasteiger partial charge in [0.2, 0.25) is 0 Å². The van der Waals surface area contributed by atoms with E-state index in [0.29, 0.717) is 0 Å². The molecule has 2 rings (SSSR count). The van der Waals surface area contributed by atoms with Crippen LogP contribution in [0.15, 0.2) is 36.9 Å². The normalized spacial score (nSPS) is 14.3. The summed E-state index contributed by atoms with van der Waals surface area (Å²) in [5.41, 5.74) is 0.976. The molecule has 1 N–H and O–H groups in total. The maximum atomic E-state index is 13.1. The van der Waals surface area contributed by atoms with Gasteiger partial charge in [0.25, 0.3) is 0 Å². The van der Waals surface area contributed by atoms with Crippen molar-refractivity contribution in [3.63, 3.8) is 0 Å². The van der Waals surface area contributed by atoms with Crippen LogP contribution in [0.5, 0.6) is 0 Å². The van der Waals surface area contributed by atoms with E-state index in [1.165, 1.54) is 6.07 Å². The smallest absolute Gasteiger partial charge is 0.141 e. The van der Waals surface area contributed by atoms with E-state index >= 15 is 0 Å². The lowest BCUT2D eigenvalue weighted by Gasteiger charge is -2.21. The van der Waals surface area contributed by atoms with Crippen molar-refractivity contribution in [3.8, 4) is 0 Å². The van der Waals surface area contributed by atoms with Crippen molar-refractivity contribution >= 4 is 11.6 Å². The zero-order chi connectivity index (χ0) is 13.8. The molecule has 3 nitrogen and oxygen atoms in total. The average molecular weight is 282 g/mol. The number of rotatable bonds is 5. The molecule has 0 spiro atoms. The first-order valence-electron chi connectivity index (χ1n) is 6.23. The summed E-state index contributed by atoms with van der Waals surface area (Å²) in [6.45, 7) is 4.97. The van der Waals surface area contributed by atoms with Gasteiger partial charge in [-0.15, -0.1) is 0 Å². The highest BCUT2D eigenvalue weighted by Gasteiger charge is 2.11. The van der Waals surface area contributed by atoms with Crippen molar-refractivity contribution in [2.24, 2.45) is 0 Å². The number of imidazole rings is 1. The van der Waals surface area contributed by atoms with Gasteiger partial charge >= 0.3 is 0 Å². The lowest BCUT2D eigenvalue weighted by atomic mass is 10.1. The molecule has 102 valence electrons. The van der Waals surface area contributed by atoms with Gasteiger partial charge < -0.3 is 9.88 Å². The number of aromatic nitrogens is 2. The van der Waals surface area contributed by atoms with Gasteiger partial charge in [-0.25, -0.2) is 9.37 Å². The standard InChI is InChI=1S/C14H17ClFN3/c1-10(8-19-6-5-17-9-19)18-11(2)12-3-4-14(16)13(15)7-12/h3-7,9-11,18H,8H2,1-2H3. The number of hydrogen-bond acceptors (Lipinski definition) is 2. The number of nitrogens with zero attached hydrogens (tertiary/aromatic N) is 2. The first-order valence-corrected chi connectivity index (χ1v) is 6.61. The van der Waals surface area contributed by atoms with Crippen LogP contribution < -0.4 is 5.32 Å². The van der Waals surface area contributed by atoms with Gasteiger partial charge in [-0.1, -0.05) is 17.7 Å². The van der Waals surface area contributed by atoms with Crippen LogP contribution in [0.4, 0.5) is 4.39 Å². The van der Waals surface area contributed by atoms with E-state index in [9.17, 15) is 4.39 Å². The minimum absolute atomic E-state index is 0.108. The second-order valence-electron chi connectivity index (χ2n) is 4.72. The molecule has 0 bridgehead atoms. The highest BCUT2D eigenvalue weighted by atomic mass is 35.5. The average Bonchev–Trinajstić information content (AvgIpc) is 2.85. The molecule has 2 aromatic rings. The molecule has 0 aliphatic rings. The van der Waals surface area contributed by atoms with E-state index in [1.807, 2.05) is 17.7 Å². The fourth-order valence-electron chi connectivity index (χ4n) is 2.07. The van der Waals surface area contributed by atoms with Gasteiger partial charge in [-0.2, -0.15) is 0 Å². The Morgan fingerprint density at radius 1 is 1.42 bits per heavy atom. The summed E-state index contributed by atoms with van der Waals surface area (Å²) in [4.78, 5) is 4.01. The second kappa shape index (κ2) is 6.17. The monoisotopic (exact) mass is 281 g/mol. The van der Waals surface area contributed by atoms with Crippen LogP contribution in [-0.2, 0) is 6.54 Å². The van der Waals surface area contributed by atoms with Crippen LogP contribution in [0.25, 0.3) is 0 Å². The molecule has 2 unspecified atom stereocenters. The van der Waals surface area contributed by atoms with Gasteiger partial charge in [0.1, 0.15) is 5.82 Å². The molecule has 0 aliphatic carbocycles. The summed E-state index contributed by atoms with van der Waals surface area (Å²) >= 11 is 5.79. The minimum Gasteiger partial charge on any atom is -0.336 e. The molecule has 0 fully saturated rings. The summed E-state index contributed by atoms with van der Waals surface area (Å²) in [5, 5.41) is 3.61. The first-order chi connectivity index (χ1) is 9.06. The number of hydrogen-bond donors (Lipinski definition) is 1. The summed E-state index contributed by atoms with van der Waals surface area (Å²) in [5.74, 6) is -0.385. The Morgan fingerprint density at radius 3 is 2.84 bits per heavy atom. The van der Waals surface area contributed by atoms with Gasteiger partial charge in [0, 0.05) is 31.0 Å². The molecular weight excluding hydrogens is 265 g/mol. The zero-order valence-electron chi connectivity index (χ0n) is 11.0. The van der Waals surface area contributed by atoms with Gasteiger partial charge in [0.15, 0.2) is 0 Å². The Balaban J connectivity index is 1.96.